The predicted molar refractivity (Wildman–Crippen MR) is 83.5 cm³/mol. The van der Waals surface area contributed by atoms with Gasteiger partial charge in [0.15, 0.2) is 0 Å². The molecule has 0 aromatic heterocycles. The minimum atomic E-state index is -0.246. The fourth-order valence-electron chi connectivity index (χ4n) is 2.52. The minimum absolute atomic E-state index is 0.198. The molecule has 1 saturated heterocycles. The van der Waals surface area contributed by atoms with Crippen LogP contribution < -0.4 is 10.6 Å². The molecule has 1 aliphatic rings. The van der Waals surface area contributed by atoms with Crippen LogP contribution in [0.5, 0.6) is 0 Å². The highest BCUT2D eigenvalue weighted by atomic mass is 35.5. The Labute approximate surface area is 129 Å². The smallest absolute Gasteiger partial charge is 0.218 e. The third kappa shape index (κ3) is 3.78. The Kier molecular flexibility index (Phi) is 5.13. The van der Waals surface area contributed by atoms with Crippen LogP contribution in [0.3, 0.4) is 0 Å². The van der Waals surface area contributed by atoms with Gasteiger partial charge in [-0.25, -0.2) is 0 Å². The number of hydrogen-bond donors (Lipinski definition) is 1. The van der Waals surface area contributed by atoms with E-state index in [0.717, 1.165) is 31.9 Å². The second-order valence-corrected chi connectivity index (χ2v) is 5.96. The molecule has 0 spiro atoms. The lowest BCUT2D eigenvalue weighted by Crippen LogP contribution is -2.50. The molecule has 1 aliphatic heterocycles. The van der Waals surface area contributed by atoms with E-state index in [1.54, 1.807) is 0 Å². The number of carbonyl (C=O) groups excluding carboxylic acids is 1. The Morgan fingerprint density at radius 1 is 1.25 bits per heavy atom. The molecule has 0 aliphatic carbocycles. The van der Waals surface area contributed by atoms with Crippen LogP contribution in [0.25, 0.3) is 0 Å². The van der Waals surface area contributed by atoms with Crippen LogP contribution >= 0.6 is 23.2 Å². The number of amides is 1. The lowest BCUT2D eigenvalue weighted by molar-refractivity contribution is -0.119. The number of rotatable bonds is 4. The third-order valence-electron chi connectivity index (χ3n) is 3.70. The molecule has 1 fully saturated rings. The summed E-state index contributed by atoms with van der Waals surface area (Å²) in [4.78, 5) is 15.5. The lowest BCUT2D eigenvalue weighted by Gasteiger charge is -2.39. The zero-order valence-electron chi connectivity index (χ0n) is 11.5. The van der Waals surface area contributed by atoms with E-state index in [0.29, 0.717) is 16.5 Å². The second kappa shape index (κ2) is 6.66. The summed E-state index contributed by atoms with van der Waals surface area (Å²) in [6, 6.07) is 5.90. The molecule has 0 saturated carbocycles. The number of anilines is 1. The van der Waals surface area contributed by atoms with Crippen molar-refractivity contribution in [3.8, 4) is 0 Å². The van der Waals surface area contributed by atoms with Gasteiger partial charge in [-0.05, 0) is 25.1 Å². The number of nitrogens with two attached hydrogens (primary N) is 1. The van der Waals surface area contributed by atoms with Crippen LogP contribution in [0.15, 0.2) is 18.2 Å². The van der Waals surface area contributed by atoms with Gasteiger partial charge in [0.05, 0.1) is 10.0 Å². The maximum absolute atomic E-state index is 11.0. The summed E-state index contributed by atoms with van der Waals surface area (Å²) >= 11 is 12.0. The molecule has 2 rings (SSSR count). The van der Waals surface area contributed by atoms with E-state index in [1.807, 2.05) is 25.1 Å². The first-order valence-electron chi connectivity index (χ1n) is 6.69. The summed E-state index contributed by atoms with van der Waals surface area (Å²) in [5, 5.41) is 1.15. The van der Waals surface area contributed by atoms with Gasteiger partial charge in [-0.2, -0.15) is 0 Å². The molecule has 1 heterocycles. The molecule has 110 valence electrons. The number of halogens is 2. The Morgan fingerprint density at radius 2 is 1.90 bits per heavy atom. The van der Waals surface area contributed by atoms with Crippen molar-refractivity contribution >= 4 is 34.8 Å². The van der Waals surface area contributed by atoms with Gasteiger partial charge in [0.25, 0.3) is 0 Å². The van der Waals surface area contributed by atoms with Crippen LogP contribution in [0.1, 0.15) is 13.3 Å². The number of nitrogens with zero attached hydrogens (tertiary/aromatic N) is 2. The summed E-state index contributed by atoms with van der Waals surface area (Å²) in [5.74, 6) is -0.246. The molecule has 1 unspecified atom stereocenters. The van der Waals surface area contributed by atoms with Gasteiger partial charge >= 0.3 is 0 Å². The molecular weight excluding hydrogens is 297 g/mol. The molecule has 1 aromatic carbocycles. The first kappa shape index (κ1) is 15.4. The van der Waals surface area contributed by atoms with Crippen LogP contribution in [0, 0.1) is 0 Å². The molecule has 2 N–H and O–H groups in total. The van der Waals surface area contributed by atoms with Crippen molar-refractivity contribution in [2.75, 3.05) is 31.1 Å². The van der Waals surface area contributed by atoms with Gasteiger partial charge in [0.1, 0.15) is 0 Å². The second-order valence-electron chi connectivity index (χ2n) is 5.14. The van der Waals surface area contributed by atoms with Crippen LogP contribution in [-0.4, -0.2) is 43.0 Å². The van der Waals surface area contributed by atoms with Crippen LogP contribution in [-0.2, 0) is 4.79 Å². The van der Waals surface area contributed by atoms with Gasteiger partial charge in [-0.15, -0.1) is 0 Å². The average Bonchev–Trinajstić information content (AvgIpc) is 2.41. The number of hydrogen-bond acceptors (Lipinski definition) is 3. The fraction of sp³-hybridized carbons (Fsp3) is 0.500. The van der Waals surface area contributed by atoms with Crippen LogP contribution in [0.2, 0.25) is 10.0 Å². The van der Waals surface area contributed by atoms with E-state index in [-0.39, 0.29) is 11.9 Å². The quantitative estimate of drug-likeness (QED) is 0.928. The predicted octanol–water partition coefficient (Wildman–Crippen LogP) is 2.38. The summed E-state index contributed by atoms with van der Waals surface area (Å²) in [6.45, 7) is 5.67. The Balaban J connectivity index is 1.93. The standard InChI is InChI=1S/C14H19Cl2N3O/c1-10(8-14(17)20)18-4-6-19(7-5-18)11-2-3-12(15)13(16)9-11/h2-3,9-10H,4-8H2,1H3,(H2,17,20). The first-order valence-corrected chi connectivity index (χ1v) is 7.45. The highest BCUT2D eigenvalue weighted by Crippen LogP contribution is 2.27. The van der Waals surface area contributed by atoms with Crippen molar-refractivity contribution in [2.45, 2.75) is 19.4 Å². The van der Waals surface area contributed by atoms with E-state index in [1.165, 1.54) is 0 Å². The molecule has 6 heteroatoms. The Morgan fingerprint density at radius 3 is 2.45 bits per heavy atom. The lowest BCUT2D eigenvalue weighted by atomic mass is 10.1. The zero-order chi connectivity index (χ0) is 14.7. The molecule has 4 nitrogen and oxygen atoms in total. The van der Waals surface area contributed by atoms with Gasteiger partial charge in [-0.1, -0.05) is 23.2 Å². The van der Waals surface area contributed by atoms with Gasteiger partial charge in [0, 0.05) is 44.3 Å². The van der Waals surface area contributed by atoms with E-state index in [2.05, 4.69) is 9.80 Å². The Hall–Kier alpha value is -0.970. The van der Waals surface area contributed by atoms with Crippen molar-refractivity contribution in [2.24, 2.45) is 5.73 Å². The third-order valence-corrected chi connectivity index (χ3v) is 4.44. The first-order chi connectivity index (χ1) is 9.47. The molecule has 1 atom stereocenters. The topological polar surface area (TPSA) is 49.6 Å². The molecule has 0 radical (unpaired) electrons. The largest absolute Gasteiger partial charge is 0.370 e. The summed E-state index contributed by atoms with van der Waals surface area (Å²) in [7, 11) is 0. The molecule has 0 bridgehead atoms. The maximum Gasteiger partial charge on any atom is 0.218 e. The highest BCUT2D eigenvalue weighted by Gasteiger charge is 2.22. The van der Waals surface area contributed by atoms with Crippen molar-refractivity contribution < 1.29 is 4.79 Å². The normalized spacial score (nSPS) is 18.1. The number of primary amides is 1. The van der Waals surface area contributed by atoms with Gasteiger partial charge in [-0.3, -0.25) is 9.69 Å². The Bertz CT molecular complexity index is 487. The molecule has 1 amide bonds. The summed E-state index contributed by atoms with van der Waals surface area (Å²) < 4.78 is 0. The summed E-state index contributed by atoms with van der Waals surface area (Å²) in [5.41, 5.74) is 6.33. The zero-order valence-corrected chi connectivity index (χ0v) is 13.0. The molecule has 20 heavy (non-hydrogen) atoms. The van der Waals surface area contributed by atoms with Crippen molar-refractivity contribution in [3.63, 3.8) is 0 Å². The number of piperazine rings is 1. The number of benzene rings is 1. The van der Waals surface area contributed by atoms with E-state index in [4.69, 9.17) is 28.9 Å². The molecule has 1 aromatic rings. The molecular formula is C14H19Cl2N3O. The highest BCUT2D eigenvalue weighted by molar-refractivity contribution is 6.42. The maximum atomic E-state index is 11.0. The average molecular weight is 316 g/mol. The van der Waals surface area contributed by atoms with E-state index in [9.17, 15) is 4.79 Å². The van der Waals surface area contributed by atoms with Crippen molar-refractivity contribution in [1.82, 2.24) is 4.90 Å². The van der Waals surface area contributed by atoms with Gasteiger partial charge < -0.3 is 10.6 Å². The van der Waals surface area contributed by atoms with Crippen molar-refractivity contribution in [1.29, 1.82) is 0 Å². The van der Waals surface area contributed by atoms with E-state index < -0.39 is 0 Å². The fourth-order valence-corrected chi connectivity index (χ4v) is 2.82. The number of carbonyl (C=O) groups is 1. The minimum Gasteiger partial charge on any atom is -0.370 e. The summed E-state index contributed by atoms with van der Waals surface area (Å²) in [6.07, 6.45) is 0.409. The van der Waals surface area contributed by atoms with Gasteiger partial charge in [0.2, 0.25) is 5.91 Å². The monoisotopic (exact) mass is 315 g/mol. The SMILES string of the molecule is CC(CC(N)=O)N1CCN(c2ccc(Cl)c(Cl)c2)CC1. The van der Waals surface area contributed by atoms with Crippen LogP contribution in [0.4, 0.5) is 5.69 Å². The van der Waals surface area contributed by atoms with E-state index >= 15 is 0 Å². The van der Waals surface area contributed by atoms with Crippen molar-refractivity contribution in [3.05, 3.63) is 28.2 Å².